The third-order valence-corrected chi connectivity index (χ3v) is 6.94. The van der Waals surface area contributed by atoms with Crippen molar-refractivity contribution in [2.75, 3.05) is 19.6 Å². The number of benzene rings is 1. The van der Waals surface area contributed by atoms with E-state index < -0.39 is 0 Å². The van der Waals surface area contributed by atoms with Gasteiger partial charge in [-0.15, -0.1) is 11.3 Å². The highest BCUT2D eigenvalue weighted by Gasteiger charge is 2.27. The van der Waals surface area contributed by atoms with E-state index in [0.717, 1.165) is 36.2 Å². The summed E-state index contributed by atoms with van der Waals surface area (Å²) in [6, 6.07) is 17.8. The lowest BCUT2D eigenvalue weighted by atomic mass is 9.90. The molecule has 6 nitrogen and oxygen atoms in total. The molecule has 3 aromatic rings. The quantitative estimate of drug-likeness (QED) is 0.542. The SMILES string of the molecule is Cc1ccc(C(=O)NCCc2cccs2)c(C2CCN(C(=O)NCc3ccccc3)CC2)n1. The first kappa shape index (κ1) is 23.0. The predicted octanol–water partition coefficient (Wildman–Crippen LogP) is 4.51. The van der Waals surface area contributed by atoms with Gasteiger partial charge in [0.15, 0.2) is 0 Å². The second-order valence-corrected chi connectivity index (χ2v) is 9.41. The Bertz CT molecular complexity index is 1060. The van der Waals surface area contributed by atoms with Crippen molar-refractivity contribution < 1.29 is 9.59 Å². The van der Waals surface area contributed by atoms with E-state index in [-0.39, 0.29) is 17.9 Å². The smallest absolute Gasteiger partial charge is 0.317 e. The topological polar surface area (TPSA) is 74.3 Å². The van der Waals surface area contributed by atoms with Gasteiger partial charge in [-0.3, -0.25) is 9.78 Å². The molecule has 2 aromatic heterocycles. The third-order valence-electron chi connectivity index (χ3n) is 6.00. The fourth-order valence-electron chi connectivity index (χ4n) is 4.17. The molecule has 3 heterocycles. The summed E-state index contributed by atoms with van der Waals surface area (Å²) in [7, 11) is 0. The Morgan fingerprint density at radius 3 is 2.55 bits per heavy atom. The number of carbonyl (C=O) groups is 2. The van der Waals surface area contributed by atoms with Crippen molar-refractivity contribution in [1.82, 2.24) is 20.5 Å². The number of thiophene rings is 1. The first-order valence-electron chi connectivity index (χ1n) is 11.4. The second kappa shape index (κ2) is 11.1. The Morgan fingerprint density at radius 1 is 1.03 bits per heavy atom. The van der Waals surface area contributed by atoms with Gasteiger partial charge < -0.3 is 15.5 Å². The fourth-order valence-corrected chi connectivity index (χ4v) is 4.88. The van der Waals surface area contributed by atoms with E-state index in [2.05, 4.69) is 16.7 Å². The summed E-state index contributed by atoms with van der Waals surface area (Å²) in [5.41, 5.74) is 3.49. The molecule has 0 spiro atoms. The summed E-state index contributed by atoms with van der Waals surface area (Å²) >= 11 is 1.70. The summed E-state index contributed by atoms with van der Waals surface area (Å²) in [4.78, 5) is 33.4. The van der Waals surface area contributed by atoms with Crippen LogP contribution >= 0.6 is 11.3 Å². The van der Waals surface area contributed by atoms with Crippen molar-refractivity contribution >= 4 is 23.3 Å². The number of piperidine rings is 1. The number of rotatable bonds is 7. The number of aryl methyl sites for hydroxylation is 1. The maximum atomic E-state index is 12.9. The average molecular weight is 463 g/mol. The van der Waals surface area contributed by atoms with Crippen LogP contribution in [0.2, 0.25) is 0 Å². The Kier molecular flexibility index (Phi) is 7.73. The molecule has 1 aromatic carbocycles. The molecule has 3 amide bonds. The van der Waals surface area contributed by atoms with E-state index in [1.54, 1.807) is 11.3 Å². The van der Waals surface area contributed by atoms with E-state index in [0.29, 0.717) is 31.7 Å². The van der Waals surface area contributed by atoms with Crippen LogP contribution in [0.4, 0.5) is 4.79 Å². The van der Waals surface area contributed by atoms with Crippen LogP contribution in [0.25, 0.3) is 0 Å². The number of pyridine rings is 1. The van der Waals surface area contributed by atoms with Crippen molar-refractivity contribution in [1.29, 1.82) is 0 Å². The Balaban J connectivity index is 1.33. The predicted molar refractivity (Wildman–Crippen MR) is 132 cm³/mol. The van der Waals surface area contributed by atoms with Crippen molar-refractivity contribution in [2.45, 2.75) is 38.6 Å². The van der Waals surface area contributed by atoms with Crippen LogP contribution in [-0.4, -0.2) is 41.5 Å². The van der Waals surface area contributed by atoms with Crippen LogP contribution < -0.4 is 10.6 Å². The number of amides is 3. The van der Waals surface area contributed by atoms with Gasteiger partial charge in [0.05, 0.1) is 11.3 Å². The summed E-state index contributed by atoms with van der Waals surface area (Å²) in [6.45, 7) is 4.39. The molecule has 2 N–H and O–H groups in total. The highest BCUT2D eigenvalue weighted by atomic mass is 32.1. The molecule has 7 heteroatoms. The molecule has 0 bridgehead atoms. The Morgan fingerprint density at radius 2 is 1.82 bits per heavy atom. The zero-order chi connectivity index (χ0) is 23.0. The van der Waals surface area contributed by atoms with E-state index in [1.165, 1.54) is 4.88 Å². The van der Waals surface area contributed by atoms with Gasteiger partial charge in [0.2, 0.25) is 0 Å². The van der Waals surface area contributed by atoms with Gasteiger partial charge in [0, 0.05) is 42.7 Å². The van der Waals surface area contributed by atoms with Crippen molar-refractivity contribution in [3.63, 3.8) is 0 Å². The van der Waals surface area contributed by atoms with Gasteiger partial charge in [-0.1, -0.05) is 36.4 Å². The zero-order valence-electron chi connectivity index (χ0n) is 18.9. The van der Waals surface area contributed by atoms with Crippen LogP contribution in [0.15, 0.2) is 60.0 Å². The first-order valence-corrected chi connectivity index (χ1v) is 12.3. The lowest BCUT2D eigenvalue weighted by Gasteiger charge is -2.32. The number of nitrogens with one attached hydrogen (secondary N) is 2. The van der Waals surface area contributed by atoms with Crippen molar-refractivity contribution in [3.05, 3.63) is 87.4 Å². The number of carbonyl (C=O) groups excluding carboxylic acids is 2. The molecule has 0 unspecified atom stereocenters. The number of urea groups is 1. The molecule has 1 saturated heterocycles. The van der Waals surface area contributed by atoms with Crippen molar-refractivity contribution in [2.24, 2.45) is 0 Å². The normalized spacial score (nSPS) is 14.2. The second-order valence-electron chi connectivity index (χ2n) is 8.38. The molecular formula is C26H30N4O2S. The van der Waals surface area contributed by atoms with Gasteiger partial charge >= 0.3 is 6.03 Å². The number of likely N-dealkylation sites (tertiary alicyclic amines) is 1. The molecular weight excluding hydrogens is 432 g/mol. The standard InChI is InChI=1S/C26H30N4O2S/c1-19-9-10-23(25(31)27-14-11-22-8-5-17-33-22)24(29-19)21-12-15-30(16-13-21)26(32)28-18-20-6-3-2-4-7-20/h2-10,17,21H,11-16,18H2,1H3,(H,27,31)(H,28,32). The maximum absolute atomic E-state index is 12.9. The largest absolute Gasteiger partial charge is 0.352 e. The number of aromatic nitrogens is 1. The van der Waals surface area contributed by atoms with Gasteiger partial charge in [0.1, 0.15) is 0 Å². The molecule has 33 heavy (non-hydrogen) atoms. The molecule has 1 aliphatic heterocycles. The lowest BCUT2D eigenvalue weighted by molar-refractivity contribution is 0.0951. The van der Waals surface area contributed by atoms with E-state index >= 15 is 0 Å². The molecule has 172 valence electrons. The van der Waals surface area contributed by atoms with E-state index in [4.69, 9.17) is 4.98 Å². The summed E-state index contributed by atoms with van der Waals surface area (Å²) in [6.07, 6.45) is 2.42. The monoisotopic (exact) mass is 462 g/mol. The summed E-state index contributed by atoms with van der Waals surface area (Å²) < 4.78 is 0. The summed E-state index contributed by atoms with van der Waals surface area (Å²) in [5.74, 6) is 0.0956. The van der Waals surface area contributed by atoms with Gasteiger partial charge in [-0.2, -0.15) is 0 Å². The van der Waals surface area contributed by atoms with Crippen molar-refractivity contribution in [3.8, 4) is 0 Å². The number of nitrogens with zero attached hydrogens (tertiary/aromatic N) is 2. The van der Waals surface area contributed by atoms with Crippen LogP contribution in [0, 0.1) is 6.92 Å². The Hall–Kier alpha value is -3.19. The molecule has 1 aliphatic rings. The van der Waals surface area contributed by atoms with E-state index in [1.807, 2.05) is 65.7 Å². The Labute approximate surface area is 199 Å². The molecule has 0 aliphatic carbocycles. The van der Waals surface area contributed by atoms with Gasteiger partial charge in [-0.05, 0) is 55.3 Å². The minimum atomic E-state index is -0.0721. The fraction of sp³-hybridized carbons (Fsp3) is 0.346. The summed E-state index contributed by atoms with van der Waals surface area (Å²) in [5, 5.41) is 8.10. The third kappa shape index (κ3) is 6.20. The lowest BCUT2D eigenvalue weighted by Crippen LogP contribution is -2.44. The zero-order valence-corrected chi connectivity index (χ0v) is 19.7. The number of hydrogen-bond acceptors (Lipinski definition) is 4. The van der Waals surface area contributed by atoms with Gasteiger partial charge in [-0.25, -0.2) is 4.79 Å². The van der Waals surface area contributed by atoms with Crippen LogP contribution in [0.1, 0.15) is 50.9 Å². The minimum Gasteiger partial charge on any atom is -0.352 e. The highest BCUT2D eigenvalue weighted by molar-refractivity contribution is 7.09. The molecule has 0 atom stereocenters. The average Bonchev–Trinajstić information content (AvgIpc) is 3.37. The number of hydrogen-bond donors (Lipinski definition) is 2. The molecule has 1 fully saturated rings. The van der Waals surface area contributed by atoms with Crippen LogP contribution in [-0.2, 0) is 13.0 Å². The highest BCUT2D eigenvalue weighted by Crippen LogP contribution is 2.29. The van der Waals surface area contributed by atoms with E-state index in [9.17, 15) is 9.59 Å². The van der Waals surface area contributed by atoms with Gasteiger partial charge in [0.25, 0.3) is 5.91 Å². The molecule has 0 radical (unpaired) electrons. The van der Waals surface area contributed by atoms with Crippen LogP contribution in [0.3, 0.4) is 0 Å². The molecule has 4 rings (SSSR count). The van der Waals surface area contributed by atoms with Crippen LogP contribution in [0.5, 0.6) is 0 Å². The first-order chi connectivity index (χ1) is 16.1. The minimum absolute atomic E-state index is 0.0407. The maximum Gasteiger partial charge on any atom is 0.317 e. The molecule has 0 saturated carbocycles.